The molecule has 25 heavy (non-hydrogen) atoms. The summed E-state index contributed by atoms with van der Waals surface area (Å²) in [7, 11) is 0. The van der Waals surface area contributed by atoms with Gasteiger partial charge in [0.25, 0.3) is 0 Å². The van der Waals surface area contributed by atoms with Gasteiger partial charge >= 0.3 is 0 Å². The SMILES string of the molecule is Cc1cc(CNC(=O)[C@H]2CS[C@@H](Cc3ccccc3F)C(=O)N2)on1. The second kappa shape index (κ2) is 7.69. The maximum atomic E-state index is 13.7. The van der Waals surface area contributed by atoms with Crippen LogP contribution in [-0.2, 0) is 22.6 Å². The van der Waals surface area contributed by atoms with Gasteiger partial charge in [-0.05, 0) is 25.0 Å². The summed E-state index contributed by atoms with van der Waals surface area (Å²) in [5.41, 5.74) is 1.24. The largest absolute Gasteiger partial charge is 0.359 e. The van der Waals surface area contributed by atoms with Crippen molar-refractivity contribution in [3.63, 3.8) is 0 Å². The zero-order valence-corrected chi connectivity index (χ0v) is 14.4. The number of hydrogen-bond acceptors (Lipinski definition) is 5. The highest BCUT2D eigenvalue weighted by Gasteiger charge is 2.32. The quantitative estimate of drug-likeness (QED) is 0.843. The van der Waals surface area contributed by atoms with Crippen LogP contribution in [0.25, 0.3) is 0 Å². The number of benzene rings is 1. The molecule has 0 unspecified atom stereocenters. The van der Waals surface area contributed by atoms with Gasteiger partial charge in [0.05, 0.1) is 17.5 Å². The second-order valence-corrected chi connectivity index (χ2v) is 7.07. The monoisotopic (exact) mass is 363 g/mol. The number of aromatic nitrogens is 1. The highest BCUT2D eigenvalue weighted by Crippen LogP contribution is 2.23. The molecule has 3 rings (SSSR count). The molecule has 8 heteroatoms. The van der Waals surface area contributed by atoms with E-state index in [9.17, 15) is 14.0 Å². The van der Waals surface area contributed by atoms with Crippen molar-refractivity contribution in [3.05, 3.63) is 53.2 Å². The van der Waals surface area contributed by atoms with Crippen LogP contribution in [-0.4, -0.2) is 34.0 Å². The van der Waals surface area contributed by atoms with Gasteiger partial charge in [0, 0.05) is 11.8 Å². The first-order chi connectivity index (χ1) is 12.0. The fourth-order valence-corrected chi connectivity index (χ4v) is 3.72. The number of thioether (sulfide) groups is 1. The van der Waals surface area contributed by atoms with Crippen LogP contribution in [0.4, 0.5) is 4.39 Å². The average molecular weight is 363 g/mol. The topological polar surface area (TPSA) is 84.2 Å². The van der Waals surface area contributed by atoms with E-state index in [-0.39, 0.29) is 24.2 Å². The highest BCUT2D eigenvalue weighted by molar-refractivity contribution is 8.00. The maximum Gasteiger partial charge on any atom is 0.243 e. The summed E-state index contributed by atoms with van der Waals surface area (Å²) < 4.78 is 18.7. The van der Waals surface area contributed by atoms with Crippen molar-refractivity contribution < 1.29 is 18.5 Å². The van der Waals surface area contributed by atoms with E-state index >= 15 is 0 Å². The fourth-order valence-electron chi connectivity index (χ4n) is 2.55. The molecule has 2 N–H and O–H groups in total. The molecule has 1 saturated heterocycles. The van der Waals surface area contributed by atoms with Crippen LogP contribution in [0, 0.1) is 12.7 Å². The lowest BCUT2D eigenvalue weighted by Gasteiger charge is -2.28. The Morgan fingerprint density at radius 2 is 2.28 bits per heavy atom. The molecule has 0 spiro atoms. The number of hydrogen-bond donors (Lipinski definition) is 2. The number of halogens is 1. The minimum absolute atomic E-state index is 0.218. The Hall–Kier alpha value is -2.35. The molecule has 0 radical (unpaired) electrons. The summed E-state index contributed by atoms with van der Waals surface area (Å²) >= 11 is 1.36. The van der Waals surface area contributed by atoms with E-state index in [1.54, 1.807) is 31.2 Å². The Kier molecular flexibility index (Phi) is 5.37. The third kappa shape index (κ3) is 4.39. The minimum atomic E-state index is -0.613. The van der Waals surface area contributed by atoms with Gasteiger partial charge in [-0.15, -0.1) is 11.8 Å². The van der Waals surface area contributed by atoms with Gasteiger partial charge in [0.1, 0.15) is 11.9 Å². The Bertz CT molecular complexity index is 780. The molecule has 2 atom stereocenters. The second-order valence-electron chi connectivity index (χ2n) is 5.83. The van der Waals surface area contributed by atoms with Crippen LogP contribution in [0.2, 0.25) is 0 Å². The molecule has 2 aromatic rings. The molecule has 132 valence electrons. The molecule has 6 nitrogen and oxygen atoms in total. The van der Waals surface area contributed by atoms with E-state index < -0.39 is 11.3 Å². The van der Waals surface area contributed by atoms with Gasteiger partial charge in [-0.2, -0.15) is 0 Å². The lowest BCUT2D eigenvalue weighted by atomic mass is 10.1. The highest BCUT2D eigenvalue weighted by atomic mass is 32.2. The molecule has 1 fully saturated rings. The zero-order valence-electron chi connectivity index (χ0n) is 13.6. The molecular formula is C17H18FN3O3S. The Balaban J connectivity index is 1.51. The standard InChI is InChI=1S/C17H18FN3O3S/c1-10-6-12(24-21-10)8-19-16(22)14-9-25-15(17(23)20-14)7-11-4-2-3-5-13(11)18/h2-6,14-15H,7-9H2,1H3,(H,19,22)(H,20,23)/t14-,15+/m1/s1. The van der Waals surface area contributed by atoms with Crippen molar-refractivity contribution >= 4 is 23.6 Å². The molecule has 0 saturated carbocycles. The predicted octanol–water partition coefficient (Wildman–Crippen LogP) is 1.58. The van der Waals surface area contributed by atoms with Crippen LogP contribution in [0.1, 0.15) is 17.0 Å². The first-order valence-corrected chi connectivity index (χ1v) is 8.93. The number of amides is 2. The minimum Gasteiger partial charge on any atom is -0.359 e. The number of carbonyl (C=O) groups is 2. The fraction of sp³-hybridized carbons (Fsp3) is 0.353. The van der Waals surface area contributed by atoms with Crippen molar-refractivity contribution in [2.45, 2.75) is 31.2 Å². The number of rotatable bonds is 5. The van der Waals surface area contributed by atoms with Crippen LogP contribution in [0.5, 0.6) is 0 Å². The molecule has 2 heterocycles. The summed E-state index contributed by atoms with van der Waals surface area (Å²) in [6.07, 6.45) is 0.300. The van der Waals surface area contributed by atoms with E-state index in [1.165, 1.54) is 17.8 Å². The Morgan fingerprint density at radius 3 is 2.96 bits per heavy atom. The lowest BCUT2D eigenvalue weighted by Crippen LogP contribution is -2.54. The van der Waals surface area contributed by atoms with Crippen LogP contribution in [0.3, 0.4) is 0 Å². The van der Waals surface area contributed by atoms with Gasteiger partial charge < -0.3 is 15.2 Å². The van der Waals surface area contributed by atoms with Gasteiger partial charge in [-0.3, -0.25) is 9.59 Å². The smallest absolute Gasteiger partial charge is 0.243 e. The van der Waals surface area contributed by atoms with Gasteiger partial charge in [-0.1, -0.05) is 23.4 Å². The van der Waals surface area contributed by atoms with E-state index in [1.807, 2.05) is 0 Å². The molecule has 1 aliphatic heterocycles. The van der Waals surface area contributed by atoms with Crippen molar-refractivity contribution in [1.82, 2.24) is 15.8 Å². The molecule has 2 amide bonds. The Morgan fingerprint density at radius 1 is 1.48 bits per heavy atom. The molecular weight excluding hydrogens is 345 g/mol. The maximum absolute atomic E-state index is 13.7. The number of aryl methyl sites for hydroxylation is 1. The lowest BCUT2D eigenvalue weighted by molar-refractivity contribution is -0.128. The first-order valence-electron chi connectivity index (χ1n) is 7.88. The molecule has 0 bridgehead atoms. The van der Waals surface area contributed by atoms with Crippen molar-refractivity contribution in [2.75, 3.05) is 5.75 Å². The van der Waals surface area contributed by atoms with Crippen molar-refractivity contribution in [3.8, 4) is 0 Å². The van der Waals surface area contributed by atoms with E-state index in [2.05, 4.69) is 15.8 Å². The summed E-state index contributed by atoms with van der Waals surface area (Å²) in [6.45, 7) is 2.01. The summed E-state index contributed by atoms with van der Waals surface area (Å²) in [4.78, 5) is 24.4. The first kappa shape index (κ1) is 17.5. The third-order valence-electron chi connectivity index (χ3n) is 3.87. The van der Waals surface area contributed by atoms with E-state index in [0.29, 0.717) is 23.5 Å². The number of carbonyl (C=O) groups excluding carboxylic acids is 2. The summed E-state index contributed by atoms with van der Waals surface area (Å²) in [6, 6.07) is 7.52. The van der Waals surface area contributed by atoms with Crippen LogP contribution < -0.4 is 10.6 Å². The number of nitrogens with one attached hydrogen (secondary N) is 2. The molecule has 1 aromatic carbocycles. The van der Waals surface area contributed by atoms with Gasteiger partial charge in [-0.25, -0.2) is 4.39 Å². The van der Waals surface area contributed by atoms with Gasteiger partial charge in [0.15, 0.2) is 5.76 Å². The molecule has 0 aliphatic carbocycles. The van der Waals surface area contributed by atoms with E-state index in [4.69, 9.17) is 4.52 Å². The number of nitrogens with zero attached hydrogens (tertiary/aromatic N) is 1. The third-order valence-corrected chi connectivity index (χ3v) is 5.18. The van der Waals surface area contributed by atoms with Crippen LogP contribution in [0.15, 0.2) is 34.9 Å². The van der Waals surface area contributed by atoms with Crippen molar-refractivity contribution in [2.24, 2.45) is 0 Å². The summed E-state index contributed by atoms with van der Waals surface area (Å²) in [5, 5.41) is 8.76. The Labute approximate surface area is 148 Å². The normalized spacial score (nSPS) is 20.2. The molecule has 1 aliphatic rings. The predicted molar refractivity (Wildman–Crippen MR) is 91.4 cm³/mol. The summed E-state index contributed by atoms with van der Waals surface area (Å²) in [5.74, 6) is 0.136. The van der Waals surface area contributed by atoms with Crippen LogP contribution >= 0.6 is 11.8 Å². The van der Waals surface area contributed by atoms with Gasteiger partial charge in [0.2, 0.25) is 11.8 Å². The zero-order chi connectivity index (χ0) is 17.8. The van der Waals surface area contributed by atoms with E-state index in [0.717, 1.165) is 5.69 Å². The molecule has 1 aromatic heterocycles. The van der Waals surface area contributed by atoms with Crippen molar-refractivity contribution in [1.29, 1.82) is 0 Å². The average Bonchev–Trinajstić information content (AvgIpc) is 3.02.